The van der Waals surface area contributed by atoms with E-state index in [1.54, 1.807) is 7.05 Å². The molecule has 0 fully saturated rings. The summed E-state index contributed by atoms with van der Waals surface area (Å²) >= 11 is 0. The second kappa shape index (κ2) is 4.92. The fourth-order valence-corrected chi connectivity index (χ4v) is 1.17. The van der Waals surface area contributed by atoms with E-state index in [1.807, 2.05) is 6.92 Å². The van der Waals surface area contributed by atoms with Gasteiger partial charge in [-0.05, 0) is 6.92 Å². The molecule has 0 amide bonds. The lowest BCUT2D eigenvalue weighted by atomic mass is 10.3. The van der Waals surface area contributed by atoms with Crippen molar-refractivity contribution < 1.29 is 4.74 Å². The van der Waals surface area contributed by atoms with Crippen LogP contribution in [0.15, 0.2) is 11.1 Å². The van der Waals surface area contributed by atoms with Gasteiger partial charge in [0, 0.05) is 20.2 Å². The largest absolute Gasteiger partial charge is 0.375 e. The van der Waals surface area contributed by atoms with Crippen LogP contribution >= 0.6 is 0 Å². The maximum atomic E-state index is 11.4. The molecule has 0 aliphatic rings. The van der Waals surface area contributed by atoms with Crippen molar-refractivity contribution in [2.75, 3.05) is 13.2 Å². The molecule has 1 heterocycles. The summed E-state index contributed by atoms with van der Waals surface area (Å²) in [6.07, 6.45) is 1.33. The smallest absolute Gasteiger partial charge is 0.345 e. The highest BCUT2D eigenvalue weighted by molar-refractivity contribution is 4.68. The predicted octanol–water partition coefficient (Wildman–Crippen LogP) is -1.05. The van der Waals surface area contributed by atoms with Crippen molar-refractivity contribution in [3.05, 3.63) is 16.8 Å². The summed E-state index contributed by atoms with van der Waals surface area (Å²) in [5.41, 5.74) is 5.34. The van der Waals surface area contributed by atoms with Crippen LogP contribution in [0.25, 0.3) is 0 Å². The van der Waals surface area contributed by atoms with Crippen molar-refractivity contribution in [3.63, 3.8) is 0 Å². The van der Waals surface area contributed by atoms with E-state index in [9.17, 15) is 4.79 Å². The van der Waals surface area contributed by atoms with Crippen LogP contribution in [0.5, 0.6) is 0 Å². The second-order valence-corrected chi connectivity index (χ2v) is 3.02. The summed E-state index contributed by atoms with van der Waals surface area (Å²) < 4.78 is 8.10. The zero-order chi connectivity index (χ0) is 10.6. The lowest BCUT2D eigenvalue weighted by Gasteiger charge is -2.13. The van der Waals surface area contributed by atoms with Crippen LogP contribution in [0.1, 0.15) is 6.92 Å². The van der Waals surface area contributed by atoms with Gasteiger partial charge in [0.05, 0.1) is 12.6 Å². The monoisotopic (exact) mass is 200 g/mol. The molecule has 1 rings (SSSR count). The van der Waals surface area contributed by atoms with Crippen molar-refractivity contribution in [3.8, 4) is 0 Å². The fraction of sp³-hybridized carbons (Fsp3) is 0.750. The van der Waals surface area contributed by atoms with E-state index in [-0.39, 0.29) is 11.8 Å². The molecule has 0 saturated heterocycles. The zero-order valence-corrected chi connectivity index (χ0v) is 8.51. The van der Waals surface area contributed by atoms with Gasteiger partial charge < -0.3 is 10.5 Å². The average Bonchev–Trinajstić information content (AvgIpc) is 2.49. The minimum absolute atomic E-state index is 0.146. The Morgan fingerprint density at radius 3 is 2.86 bits per heavy atom. The van der Waals surface area contributed by atoms with Crippen LogP contribution in [-0.4, -0.2) is 33.6 Å². The van der Waals surface area contributed by atoms with Gasteiger partial charge in [-0.2, -0.15) is 5.10 Å². The Balaban J connectivity index is 2.67. The van der Waals surface area contributed by atoms with Gasteiger partial charge >= 0.3 is 5.69 Å². The Bertz CT molecular complexity index is 330. The Morgan fingerprint density at radius 1 is 1.71 bits per heavy atom. The van der Waals surface area contributed by atoms with Crippen molar-refractivity contribution in [1.29, 1.82) is 0 Å². The first-order chi connectivity index (χ1) is 6.69. The quantitative estimate of drug-likeness (QED) is 0.657. The van der Waals surface area contributed by atoms with Gasteiger partial charge in [-0.1, -0.05) is 0 Å². The summed E-state index contributed by atoms with van der Waals surface area (Å²) in [7, 11) is 1.66. The van der Waals surface area contributed by atoms with E-state index in [0.717, 1.165) is 0 Å². The standard InChI is InChI=1S/C8H16N4O2/c1-3-14-7(4-9)5-12-8(13)11(2)6-10-12/h6-7H,3-5,9H2,1-2H3. The van der Waals surface area contributed by atoms with E-state index in [2.05, 4.69) is 5.10 Å². The van der Waals surface area contributed by atoms with E-state index >= 15 is 0 Å². The molecule has 80 valence electrons. The number of nitrogens with two attached hydrogens (primary N) is 1. The highest BCUT2D eigenvalue weighted by atomic mass is 16.5. The third kappa shape index (κ3) is 2.43. The fourth-order valence-electron chi connectivity index (χ4n) is 1.17. The Hall–Kier alpha value is -1.14. The molecule has 0 saturated carbocycles. The number of aromatic nitrogens is 3. The zero-order valence-electron chi connectivity index (χ0n) is 8.51. The van der Waals surface area contributed by atoms with Crippen molar-refractivity contribution in [2.24, 2.45) is 12.8 Å². The summed E-state index contributed by atoms with van der Waals surface area (Å²) in [6.45, 7) is 3.27. The Morgan fingerprint density at radius 2 is 2.43 bits per heavy atom. The van der Waals surface area contributed by atoms with Gasteiger partial charge in [-0.3, -0.25) is 4.57 Å². The number of hydrogen-bond donors (Lipinski definition) is 1. The molecule has 1 unspecified atom stereocenters. The molecule has 6 nitrogen and oxygen atoms in total. The summed E-state index contributed by atoms with van der Waals surface area (Å²) in [5, 5.41) is 3.92. The van der Waals surface area contributed by atoms with E-state index < -0.39 is 0 Å². The molecule has 0 bridgehead atoms. The van der Waals surface area contributed by atoms with Gasteiger partial charge in [0.1, 0.15) is 6.33 Å². The highest BCUT2D eigenvalue weighted by Crippen LogP contribution is 1.92. The molecule has 2 N–H and O–H groups in total. The molecule has 1 aromatic heterocycles. The maximum Gasteiger partial charge on any atom is 0.345 e. The average molecular weight is 200 g/mol. The highest BCUT2D eigenvalue weighted by Gasteiger charge is 2.10. The number of hydrogen-bond acceptors (Lipinski definition) is 4. The van der Waals surface area contributed by atoms with Crippen LogP contribution in [0.3, 0.4) is 0 Å². The third-order valence-electron chi connectivity index (χ3n) is 1.93. The molecule has 0 radical (unpaired) electrons. The topological polar surface area (TPSA) is 75.1 Å². The first-order valence-corrected chi connectivity index (χ1v) is 4.59. The lowest BCUT2D eigenvalue weighted by Crippen LogP contribution is -2.34. The molecule has 1 atom stereocenters. The molecular weight excluding hydrogens is 184 g/mol. The SMILES string of the molecule is CCOC(CN)Cn1ncn(C)c1=O. The molecule has 0 spiro atoms. The third-order valence-corrected chi connectivity index (χ3v) is 1.93. The first kappa shape index (κ1) is 10.9. The molecule has 0 aliphatic heterocycles. The number of nitrogens with zero attached hydrogens (tertiary/aromatic N) is 3. The van der Waals surface area contributed by atoms with Gasteiger partial charge in [-0.25, -0.2) is 9.48 Å². The van der Waals surface area contributed by atoms with Gasteiger partial charge in [-0.15, -0.1) is 0 Å². The van der Waals surface area contributed by atoms with Crippen LogP contribution < -0.4 is 11.4 Å². The summed E-state index contributed by atoms with van der Waals surface area (Å²) in [6, 6.07) is 0. The summed E-state index contributed by atoms with van der Waals surface area (Å²) in [5.74, 6) is 0. The number of rotatable bonds is 5. The van der Waals surface area contributed by atoms with Gasteiger partial charge in [0.25, 0.3) is 0 Å². The van der Waals surface area contributed by atoms with Crippen LogP contribution in [0.2, 0.25) is 0 Å². The molecule has 1 aromatic rings. The van der Waals surface area contributed by atoms with Crippen molar-refractivity contribution >= 4 is 0 Å². The van der Waals surface area contributed by atoms with E-state index in [4.69, 9.17) is 10.5 Å². The Labute approximate surface area is 82.3 Å². The number of ether oxygens (including phenoxy) is 1. The first-order valence-electron chi connectivity index (χ1n) is 4.59. The molecule has 0 aromatic carbocycles. The Kier molecular flexibility index (Phi) is 3.84. The molecule has 0 aliphatic carbocycles. The minimum atomic E-state index is -0.150. The number of aryl methyl sites for hydroxylation is 1. The van der Waals surface area contributed by atoms with Crippen LogP contribution in [-0.2, 0) is 18.3 Å². The van der Waals surface area contributed by atoms with Crippen molar-refractivity contribution in [2.45, 2.75) is 19.6 Å². The van der Waals surface area contributed by atoms with E-state index in [0.29, 0.717) is 19.7 Å². The molecule has 14 heavy (non-hydrogen) atoms. The van der Waals surface area contributed by atoms with Gasteiger partial charge in [0.2, 0.25) is 0 Å². The summed E-state index contributed by atoms with van der Waals surface area (Å²) in [4.78, 5) is 11.4. The minimum Gasteiger partial charge on any atom is -0.375 e. The lowest BCUT2D eigenvalue weighted by molar-refractivity contribution is 0.0533. The van der Waals surface area contributed by atoms with Crippen molar-refractivity contribution in [1.82, 2.24) is 14.3 Å². The second-order valence-electron chi connectivity index (χ2n) is 3.02. The molecular formula is C8H16N4O2. The van der Waals surface area contributed by atoms with Crippen LogP contribution in [0.4, 0.5) is 0 Å². The molecule has 6 heteroatoms. The van der Waals surface area contributed by atoms with Crippen LogP contribution in [0, 0.1) is 0 Å². The predicted molar refractivity (Wildman–Crippen MR) is 51.9 cm³/mol. The maximum absolute atomic E-state index is 11.4. The van der Waals surface area contributed by atoms with Gasteiger partial charge in [0.15, 0.2) is 0 Å². The van der Waals surface area contributed by atoms with E-state index in [1.165, 1.54) is 15.6 Å². The normalized spacial score (nSPS) is 13.1.